The molecule has 2 aliphatic heterocycles. The Bertz CT molecular complexity index is 800. The molecule has 0 amide bonds. The Morgan fingerprint density at radius 3 is 2.65 bits per heavy atom. The number of nitrogens with one attached hydrogen (secondary N) is 2. The zero-order chi connectivity index (χ0) is 16.0. The van der Waals surface area contributed by atoms with Crippen LogP contribution in [-0.2, 0) is 10.0 Å². The highest BCUT2D eigenvalue weighted by Gasteiger charge is 2.35. The first-order valence-corrected chi connectivity index (χ1v) is 11.0. The van der Waals surface area contributed by atoms with Crippen LogP contribution in [0, 0.1) is 6.92 Å². The average Bonchev–Trinajstić information content (AvgIpc) is 3.19. The molecule has 0 spiro atoms. The number of thiophene rings is 1. The molecule has 2 saturated heterocycles. The minimum absolute atomic E-state index is 0.0471. The van der Waals surface area contributed by atoms with E-state index in [1.807, 2.05) is 18.4 Å². The Morgan fingerprint density at radius 1 is 1.26 bits per heavy atom. The standard InChI is InChI=1S/C15H19N3O2S3/c1-9-16-13(8-21-9)14-4-5-15(22-14)23(19,20)18-12-6-10-2-3-11(7-12)17-10/h4-5,8,10-12,17-18H,2-3,6-7H2,1H3. The molecule has 2 aromatic heterocycles. The van der Waals surface area contributed by atoms with Gasteiger partial charge < -0.3 is 5.32 Å². The number of aryl methyl sites for hydroxylation is 1. The zero-order valence-electron chi connectivity index (χ0n) is 12.8. The lowest BCUT2D eigenvalue weighted by molar-refractivity contribution is 0.345. The van der Waals surface area contributed by atoms with Gasteiger partial charge in [0.05, 0.1) is 15.6 Å². The Hall–Kier alpha value is -0.800. The summed E-state index contributed by atoms with van der Waals surface area (Å²) >= 11 is 2.87. The van der Waals surface area contributed by atoms with Crippen LogP contribution in [0.2, 0.25) is 0 Å². The molecular weight excluding hydrogens is 350 g/mol. The fraction of sp³-hybridized carbons (Fsp3) is 0.533. The van der Waals surface area contributed by atoms with Crippen LogP contribution >= 0.6 is 22.7 Å². The third kappa shape index (κ3) is 3.23. The normalized spacial score (nSPS) is 27.4. The topological polar surface area (TPSA) is 71.1 Å². The SMILES string of the molecule is Cc1nc(-c2ccc(S(=O)(=O)NC3CC4CCC(C3)N4)s2)cs1. The van der Waals surface area contributed by atoms with Crippen LogP contribution in [0.3, 0.4) is 0 Å². The molecule has 5 nitrogen and oxygen atoms in total. The fourth-order valence-electron chi connectivity index (χ4n) is 3.51. The van der Waals surface area contributed by atoms with Crippen molar-refractivity contribution in [3.63, 3.8) is 0 Å². The second-order valence-corrected chi connectivity index (χ2v) is 10.4. The molecule has 124 valence electrons. The van der Waals surface area contributed by atoms with Gasteiger partial charge >= 0.3 is 0 Å². The number of rotatable bonds is 4. The van der Waals surface area contributed by atoms with Crippen LogP contribution in [0.15, 0.2) is 21.7 Å². The highest BCUT2D eigenvalue weighted by molar-refractivity contribution is 7.91. The van der Waals surface area contributed by atoms with Crippen molar-refractivity contribution >= 4 is 32.7 Å². The molecular formula is C15H19N3O2S3. The number of piperidine rings is 1. The van der Waals surface area contributed by atoms with Gasteiger partial charge in [0.15, 0.2) is 0 Å². The highest BCUT2D eigenvalue weighted by Crippen LogP contribution is 2.32. The number of sulfonamides is 1. The number of fused-ring (bicyclic) bond motifs is 2. The maximum atomic E-state index is 12.6. The summed E-state index contributed by atoms with van der Waals surface area (Å²) in [5, 5.41) is 6.49. The molecule has 0 radical (unpaired) electrons. The molecule has 2 fully saturated rings. The summed E-state index contributed by atoms with van der Waals surface area (Å²) in [6.45, 7) is 1.95. The van der Waals surface area contributed by atoms with E-state index < -0.39 is 10.0 Å². The lowest BCUT2D eigenvalue weighted by atomic mass is 10.0. The number of thiazole rings is 1. The van der Waals surface area contributed by atoms with E-state index >= 15 is 0 Å². The second kappa shape index (κ2) is 5.93. The number of hydrogen-bond acceptors (Lipinski definition) is 6. The van der Waals surface area contributed by atoms with E-state index in [9.17, 15) is 8.42 Å². The fourth-order valence-corrected chi connectivity index (χ4v) is 6.74. The van der Waals surface area contributed by atoms with Crippen LogP contribution in [0.5, 0.6) is 0 Å². The molecule has 2 bridgehead atoms. The smallest absolute Gasteiger partial charge is 0.250 e. The summed E-state index contributed by atoms with van der Waals surface area (Å²) in [4.78, 5) is 5.33. The van der Waals surface area contributed by atoms with Crippen molar-refractivity contribution in [3.05, 3.63) is 22.5 Å². The first-order chi connectivity index (χ1) is 11.0. The second-order valence-electron chi connectivity index (χ2n) is 6.30. The van der Waals surface area contributed by atoms with Crippen molar-refractivity contribution in [2.24, 2.45) is 0 Å². The van der Waals surface area contributed by atoms with E-state index in [1.165, 1.54) is 11.3 Å². The van der Waals surface area contributed by atoms with Crippen molar-refractivity contribution < 1.29 is 8.42 Å². The van der Waals surface area contributed by atoms with Crippen LogP contribution in [0.25, 0.3) is 10.6 Å². The van der Waals surface area contributed by atoms with Gasteiger partial charge in [0, 0.05) is 23.5 Å². The molecule has 23 heavy (non-hydrogen) atoms. The van der Waals surface area contributed by atoms with E-state index in [2.05, 4.69) is 15.0 Å². The Kier molecular flexibility index (Phi) is 4.05. The Morgan fingerprint density at radius 2 is 2.00 bits per heavy atom. The van der Waals surface area contributed by atoms with Crippen molar-refractivity contribution in [3.8, 4) is 10.6 Å². The summed E-state index contributed by atoms with van der Waals surface area (Å²) in [5.74, 6) is 0. The van der Waals surface area contributed by atoms with E-state index in [4.69, 9.17) is 0 Å². The van der Waals surface area contributed by atoms with Crippen LogP contribution in [0.4, 0.5) is 0 Å². The summed E-state index contributed by atoms with van der Waals surface area (Å²) < 4.78 is 28.6. The molecule has 2 N–H and O–H groups in total. The minimum Gasteiger partial charge on any atom is -0.311 e. The Balaban J connectivity index is 1.51. The summed E-state index contributed by atoms with van der Waals surface area (Å²) in [5.41, 5.74) is 0.860. The number of aromatic nitrogens is 1. The van der Waals surface area contributed by atoms with Gasteiger partial charge in [-0.25, -0.2) is 18.1 Å². The van der Waals surface area contributed by atoms with Crippen molar-refractivity contribution in [1.29, 1.82) is 0 Å². The third-order valence-corrected chi connectivity index (χ3v) is 8.41. The molecule has 8 heteroatoms. The molecule has 0 saturated carbocycles. The highest BCUT2D eigenvalue weighted by atomic mass is 32.2. The van der Waals surface area contributed by atoms with Gasteiger partial charge in [0.25, 0.3) is 0 Å². The quantitative estimate of drug-likeness (QED) is 0.869. The third-order valence-electron chi connectivity index (χ3n) is 4.51. The van der Waals surface area contributed by atoms with Gasteiger partial charge in [-0.3, -0.25) is 0 Å². The van der Waals surface area contributed by atoms with Gasteiger partial charge in [-0.05, 0) is 44.7 Å². The zero-order valence-corrected chi connectivity index (χ0v) is 15.2. The van der Waals surface area contributed by atoms with Crippen LogP contribution in [-0.4, -0.2) is 31.5 Å². The van der Waals surface area contributed by atoms with E-state index in [1.54, 1.807) is 17.4 Å². The number of hydrogen-bond donors (Lipinski definition) is 2. The molecule has 0 aromatic carbocycles. The minimum atomic E-state index is -3.44. The van der Waals surface area contributed by atoms with Gasteiger partial charge in [-0.15, -0.1) is 22.7 Å². The van der Waals surface area contributed by atoms with Crippen molar-refractivity contribution in [1.82, 2.24) is 15.0 Å². The van der Waals surface area contributed by atoms with Crippen LogP contribution < -0.4 is 10.0 Å². The van der Waals surface area contributed by atoms with Gasteiger partial charge in [0.1, 0.15) is 4.21 Å². The molecule has 4 rings (SSSR count). The predicted molar refractivity (Wildman–Crippen MR) is 93.5 cm³/mol. The molecule has 2 aromatic rings. The summed E-state index contributed by atoms with van der Waals surface area (Å²) in [6.07, 6.45) is 4.10. The predicted octanol–water partition coefficient (Wildman–Crippen LogP) is 2.74. The van der Waals surface area contributed by atoms with Gasteiger partial charge in [-0.2, -0.15) is 0 Å². The Labute approximate surface area is 144 Å². The maximum Gasteiger partial charge on any atom is 0.250 e. The maximum absolute atomic E-state index is 12.6. The van der Waals surface area contributed by atoms with E-state index in [-0.39, 0.29) is 6.04 Å². The largest absolute Gasteiger partial charge is 0.311 e. The first kappa shape index (κ1) is 15.7. The lowest BCUT2D eigenvalue weighted by Crippen LogP contribution is -2.47. The summed E-state index contributed by atoms with van der Waals surface area (Å²) in [6, 6.07) is 4.52. The molecule has 0 aliphatic carbocycles. The molecule has 2 atom stereocenters. The molecule has 2 aliphatic rings. The lowest BCUT2D eigenvalue weighted by Gasteiger charge is -2.29. The monoisotopic (exact) mass is 369 g/mol. The summed E-state index contributed by atoms with van der Waals surface area (Å²) in [7, 11) is -3.44. The van der Waals surface area contributed by atoms with E-state index in [0.29, 0.717) is 16.3 Å². The van der Waals surface area contributed by atoms with Gasteiger partial charge in [0.2, 0.25) is 10.0 Å². The average molecular weight is 370 g/mol. The first-order valence-electron chi connectivity index (χ1n) is 7.80. The number of nitrogens with zero attached hydrogens (tertiary/aromatic N) is 1. The van der Waals surface area contributed by atoms with Crippen molar-refractivity contribution in [2.75, 3.05) is 0 Å². The van der Waals surface area contributed by atoms with Gasteiger partial charge in [-0.1, -0.05) is 0 Å². The van der Waals surface area contributed by atoms with E-state index in [0.717, 1.165) is 41.3 Å². The molecule has 2 unspecified atom stereocenters. The molecule has 4 heterocycles. The van der Waals surface area contributed by atoms with Crippen LogP contribution in [0.1, 0.15) is 30.7 Å². The van der Waals surface area contributed by atoms with Crippen molar-refractivity contribution in [2.45, 2.75) is 54.9 Å².